The van der Waals surface area contributed by atoms with Gasteiger partial charge >= 0.3 is 6.03 Å². The number of rotatable bonds is 5. The third kappa shape index (κ3) is 4.28. The lowest BCUT2D eigenvalue weighted by atomic mass is 9.92. The maximum absolute atomic E-state index is 13.5. The van der Waals surface area contributed by atoms with E-state index in [0.717, 1.165) is 23.9 Å². The zero-order chi connectivity index (χ0) is 17.0. The predicted molar refractivity (Wildman–Crippen MR) is 84.2 cm³/mol. The molecule has 7 heteroatoms. The quantitative estimate of drug-likeness (QED) is 0.887. The fourth-order valence-electron chi connectivity index (χ4n) is 2.39. The van der Waals surface area contributed by atoms with Crippen LogP contribution < -0.4 is 10.6 Å². The molecule has 23 heavy (non-hydrogen) atoms. The van der Waals surface area contributed by atoms with Crippen molar-refractivity contribution in [1.29, 1.82) is 0 Å². The Hall–Kier alpha value is -2.44. The van der Waals surface area contributed by atoms with Crippen molar-refractivity contribution in [2.24, 2.45) is 13.0 Å². The summed E-state index contributed by atoms with van der Waals surface area (Å²) >= 11 is 0. The lowest BCUT2D eigenvalue weighted by molar-refractivity contribution is 0.250. The number of anilines is 1. The molecule has 2 N–H and O–H groups in total. The van der Waals surface area contributed by atoms with Crippen LogP contribution >= 0.6 is 0 Å². The molecule has 0 fully saturated rings. The number of hydrogen-bond donors (Lipinski definition) is 2. The van der Waals surface area contributed by atoms with Crippen molar-refractivity contribution in [3.63, 3.8) is 0 Å². The predicted octanol–water partition coefficient (Wildman–Crippen LogP) is 3.26. The normalized spacial score (nSPS) is 12.3. The van der Waals surface area contributed by atoms with E-state index in [4.69, 9.17) is 0 Å². The highest BCUT2D eigenvalue weighted by atomic mass is 19.1. The minimum atomic E-state index is -0.686. The maximum atomic E-state index is 13.5. The molecule has 0 bridgehead atoms. The van der Waals surface area contributed by atoms with Gasteiger partial charge in [-0.1, -0.05) is 13.8 Å². The number of benzene rings is 1. The number of nitrogens with zero attached hydrogens (tertiary/aromatic N) is 2. The highest BCUT2D eigenvalue weighted by Crippen LogP contribution is 2.23. The second-order valence-electron chi connectivity index (χ2n) is 5.69. The molecule has 1 aromatic heterocycles. The van der Waals surface area contributed by atoms with E-state index in [0.29, 0.717) is 6.54 Å². The van der Waals surface area contributed by atoms with Gasteiger partial charge in [-0.2, -0.15) is 5.10 Å². The van der Waals surface area contributed by atoms with E-state index in [-0.39, 0.29) is 17.5 Å². The van der Waals surface area contributed by atoms with Crippen LogP contribution in [0.25, 0.3) is 0 Å². The summed E-state index contributed by atoms with van der Waals surface area (Å²) in [5.74, 6) is -0.965. The fraction of sp³-hybridized carbons (Fsp3) is 0.375. The molecule has 0 spiro atoms. The maximum Gasteiger partial charge on any atom is 0.319 e. The zero-order valence-electron chi connectivity index (χ0n) is 13.3. The van der Waals surface area contributed by atoms with Crippen molar-refractivity contribution in [3.05, 3.63) is 47.8 Å². The first-order chi connectivity index (χ1) is 10.9. The summed E-state index contributed by atoms with van der Waals surface area (Å²) in [6.07, 6.45) is 1.70. The smallest absolute Gasteiger partial charge is 0.319 e. The first-order valence-corrected chi connectivity index (χ1v) is 7.36. The first kappa shape index (κ1) is 16.9. The number of halogens is 2. The molecule has 2 rings (SSSR count). The van der Waals surface area contributed by atoms with Crippen LogP contribution in [0.15, 0.2) is 30.5 Å². The van der Waals surface area contributed by atoms with Crippen molar-refractivity contribution in [2.45, 2.75) is 19.8 Å². The molecule has 1 aromatic carbocycles. The Labute approximate surface area is 133 Å². The molecular formula is C16H20F2N4O. The van der Waals surface area contributed by atoms with Gasteiger partial charge < -0.3 is 10.6 Å². The topological polar surface area (TPSA) is 59.0 Å². The number of amides is 2. The van der Waals surface area contributed by atoms with Crippen LogP contribution in [0.5, 0.6) is 0 Å². The van der Waals surface area contributed by atoms with Crippen LogP contribution in [-0.4, -0.2) is 22.4 Å². The molecule has 0 aliphatic rings. The molecule has 0 unspecified atom stereocenters. The van der Waals surface area contributed by atoms with Crippen molar-refractivity contribution < 1.29 is 13.6 Å². The minimum absolute atomic E-state index is 0.0607. The molecule has 0 radical (unpaired) electrons. The third-order valence-corrected chi connectivity index (χ3v) is 3.70. The van der Waals surface area contributed by atoms with Gasteiger partial charge in [0, 0.05) is 37.5 Å². The number of nitrogens with one attached hydrogen (secondary N) is 2. The van der Waals surface area contributed by atoms with Gasteiger partial charge in [0.15, 0.2) is 0 Å². The number of carbonyl (C=O) groups excluding carboxylic acids is 1. The number of aryl methyl sites for hydroxylation is 1. The zero-order valence-corrected chi connectivity index (χ0v) is 13.3. The van der Waals surface area contributed by atoms with Gasteiger partial charge in [0.2, 0.25) is 0 Å². The van der Waals surface area contributed by atoms with E-state index < -0.39 is 17.7 Å². The SMILES string of the molecule is CC(C)[C@H](CNC(=O)Nc1cc(F)ccc1F)c1ccnn1C. The Morgan fingerprint density at radius 1 is 1.30 bits per heavy atom. The molecule has 0 saturated carbocycles. The molecule has 1 heterocycles. The van der Waals surface area contributed by atoms with E-state index in [1.807, 2.05) is 27.0 Å². The van der Waals surface area contributed by atoms with Crippen LogP contribution in [0.4, 0.5) is 19.3 Å². The van der Waals surface area contributed by atoms with Crippen LogP contribution in [0.3, 0.4) is 0 Å². The molecule has 2 aromatic rings. The van der Waals surface area contributed by atoms with Gasteiger partial charge in [-0.3, -0.25) is 4.68 Å². The van der Waals surface area contributed by atoms with E-state index in [9.17, 15) is 13.6 Å². The van der Waals surface area contributed by atoms with E-state index >= 15 is 0 Å². The van der Waals surface area contributed by atoms with Gasteiger partial charge in [-0.05, 0) is 24.1 Å². The average molecular weight is 322 g/mol. The molecule has 1 atom stereocenters. The highest BCUT2D eigenvalue weighted by Gasteiger charge is 2.20. The van der Waals surface area contributed by atoms with Crippen molar-refractivity contribution in [1.82, 2.24) is 15.1 Å². The third-order valence-electron chi connectivity index (χ3n) is 3.70. The monoisotopic (exact) mass is 322 g/mol. The number of carbonyl (C=O) groups is 1. The molecule has 5 nitrogen and oxygen atoms in total. The van der Waals surface area contributed by atoms with Crippen LogP contribution in [0, 0.1) is 17.6 Å². The Morgan fingerprint density at radius 2 is 2.04 bits per heavy atom. The van der Waals surface area contributed by atoms with E-state index in [1.165, 1.54) is 0 Å². The summed E-state index contributed by atoms with van der Waals surface area (Å²) < 4.78 is 28.4. The minimum Gasteiger partial charge on any atom is -0.337 e. The molecular weight excluding hydrogens is 302 g/mol. The van der Waals surface area contributed by atoms with E-state index in [1.54, 1.807) is 10.9 Å². The molecule has 124 valence electrons. The largest absolute Gasteiger partial charge is 0.337 e. The summed E-state index contributed by atoms with van der Waals surface area (Å²) in [7, 11) is 1.84. The summed E-state index contributed by atoms with van der Waals surface area (Å²) in [6.45, 7) is 4.45. The summed E-state index contributed by atoms with van der Waals surface area (Å²) in [6, 6.07) is 4.22. The second-order valence-corrected chi connectivity index (χ2v) is 5.69. The Kier molecular flexibility index (Phi) is 5.31. The van der Waals surface area contributed by atoms with Gasteiger partial charge in [0.25, 0.3) is 0 Å². The van der Waals surface area contributed by atoms with Crippen molar-refractivity contribution in [2.75, 3.05) is 11.9 Å². The lowest BCUT2D eigenvalue weighted by Crippen LogP contribution is -2.34. The standard InChI is InChI=1S/C16H20F2N4O/c1-10(2)12(15-6-7-20-22(15)3)9-19-16(23)21-14-8-11(17)4-5-13(14)18/h4-8,10,12H,9H2,1-3H3,(H2,19,21,23)/t12-/m0/s1. The van der Waals surface area contributed by atoms with Gasteiger partial charge in [0.05, 0.1) is 5.69 Å². The summed E-state index contributed by atoms with van der Waals surface area (Å²) in [5.41, 5.74) is 0.807. The molecule has 2 amide bonds. The Morgan fingerprint density at radius 3 is 2.65 bits per heavy atom. The average Bonchev–Trinajstić information content (AvgIpc) is 2.89. The fourth-order valence-corrected chi connectivity index (χ4v) is 2.39. The number of aromatic nitrogens is 2. The molecule has 0 aliphatic carbocycles. The van der Waals surface area contributed by atoms with Crippen LogP contribution in [-0.2, 0) is 7.05 Å². The number of hydrogen-bond acceptors (Lipinski definition) is 2. The lowest BCUT2D eigenvalue weighted by Gasteiger charge is -2.21. The molecule has 0 aliphatic heterocycles. The highest BCUT2D eigenvalue weighted by molar-refractivity contribution is 5.89. The molecule has 0 saturated heterocycles. The van der Waals surface area contributed by atoms with E-state index in [2.05, 4.69) is 15.7 Å². The Bertz CT molecular complexity index is 684. The first-order valence-electron chi connectivity index (χ1n) is 7.36. The Balaban J connectivity index is 1.99. The number of urea groups is 1. The van der Waals surface area contributed by atoms with Gasteiger partial charge in [0.1, 0.15) is 11.6 Å². The summed E-state index contributed by atoms with van der Waals surface area (Å²) in [4.78, 5) is 11.9. The van der Waals surface area contributed by atoms with Crippen LogP contribution in [0.2, 0.25) is 0 Å². The summed E-state index contributed by atoms with van der Waals surface area (Å²) in [5, 5.41) is 9.15. The second kappa shape index (κ2) is 7.21. The van der Waals surface area contributed by atoms with Crippen LogP contribution in [0.1, 0.15) is 25.5 Å². The van der Waals surface area contributed by atoms with Crippen molar-refractivity contribution in [3.8, 4) is 0 Å². The van der Waals surface area contributed by atoms with Gasteiger partial charge in [-0.15, -0.1) is 0 Å². The van der Waals surface area contributed by atoms with Crippen molar-refractivity contribution >= 4 is 11.7 Å². The van der Waals surface area contributed by atoms with Gasteiger partial charge in [-0.25, -0.2) is 13.6 Å².